The molecule has 0 unspecified atom stereocenters. The first kappa shape index (κ1) is 13.7. The van der Waals surface area contributed by atoms with Crippen LogP contribution in [0.1, 0.15) is 30.0 Å². The van der Waals surface area contributed by atoms with Gasteiger partial charge in [-0.2, -0.15) is 0 Å². The molecule has 0 aliphatic heterocycles. The van der Waals surface area contributed by atoms with Gasteiger partial charge in [0.1, 0.15) is 0 Å². The third kappa shape index (κ3) is 4.57. The van der Waals surface area contributed by atoms with Gasteiger partial charge in [0.15, 0.2) is 0 Å². The zero-order valence-electron chi connectivity index (χ0n) is 10.9. The lowest BCUT2D eigenvalue weighted by Crippen LogP contribution is -2.19. The number of carbonyl (C=O) groups is 1. The first-order chi connectivity index (χ1) is 8.15. The highest BCUT2D eigenvalue weighted by atomic mass is 16.5. The van der Waals surface area contributed by atoms with E-state index < -0.39 is 0 Å². The average molecular weight is 235 g/mol. The molecule has 1 aromatic rings. The topological polar surface area (TPSA) is 38.3 Å². The van der Waals surface area contributed by atoms with Crippen LogP contribution < -0.4 is 5.32 Å². The van der Waals surface area contributed by atoms with E-state index in [0.717, 1.165) is 6.54 Å². The van der Waals surface area contributed by atoms with E-state index in [4.69, 9.17) is 4.74 Å². The van der Waals surface area contributed by atoms with Crippen LogP contribution in [-0.2, 0) is 16.1 Å². The van der Waals surface area contributed by atoms with Gasteiger partial charge in [-0.1, -0.05) is 18.2 Å². The van der Waals surface area contributed by atoms with Gasteiger partial charge in [0.25, 0.3) is 0 Å². The second kappa shape index (κ2) is 7.07. The molecule has 0 fully saturated rings. The van der Waals surface area contributed by atoms with E-state index in [1.807, 2.05) is 6.92 Å². The number of aryl methyl sites for hydroxylation is 1. The molecule has 0 saturated heterocycles. The van der Waals surface area contributed by atoms with Crippen LogP contribution >= 0.6 is 0 Å². The van der Waals surface area contributed by atoms with Crippen molar-refractivity contribution >= 4 is 5.97 Å². The molecule has 0 atom stereocenters. The van der Waals surface area contributed by atoms with Gasteiger partial charge in [-0.25, -0.2) is 0 Å². The molecule has 0 aliphatic rings. The van der Waals surface area contributed by atoms with Crippen LogP contribution in [0.4, 0.5) is 0 Å². The summed E-state index contributed by atoms with van der Waals surface area (Å²) in [7, 11) is 0. The van der Waals surface area contributed by atoms with Crippen LogP contribution in [0.2, 0.25) is 0 Å². The maximum Gasteiger partial charge on any atom is 0.307 e. The maximum atomic E-state index is 11.1. The van der Waals surface area contributed by atoms with Gasteiger partial charge < -0.3 is 10.1 Å². The summed E-state index contributed by atoms with van der Waals surface area (Å²) >= 11 is 0. The summed E-state index contributed by atoms with van der Waals surface area (Å²) in [5.41, 5.74) is 3.90. The van der Waals surface area contributed by atoms with Crippen LogP contribution in [0.3, 0.4) is 0 Å². The third-order valence-corrected chi connectivity index (χ3v) is 2.84. The van der Waals surface area contributed by atoms with Crippen LogP contribution in [-0.4, -0.2) is 19.1 Å². The predicted octanol–water partition coefficient (Wildman–Crippen LogP) is 2.35. The monoisotopic (exact) mass is 235 g/mol. The lowest BCUT2D eigenvalue weighted by molar-refractivity contribution is -0.142. The summed E-state index contributed by atoms with van der Waals surface area (Å²) in [5.74, 6) is -0.138. The van der Waals surface area contributed by atoms with E-state index in [1.54, 1.807) is 0 Å². The van der Waals surface area contributed by atoms with Crippen molar-refractivity contribution in [2.45, 2.75) is 33.7 Å². The highest BCUT2D eigenvalue weighted by molar-refractivity contribution is 5.69. The van der Waals surface area contributed by atoms with E-state index in [2.05, 4.69) is 37.4 Å². The standard InChI is InChI=1S/C14H21NO2/c1-4-17-14(16)8-9-15-10-13-7-5-6-11(2)12(13)3/h5-7,15H,4,8-10H2,1-3H3. The fourth-order valence-corrected chi connectivity index (χ4v) is 1.65. The Morgan fingerprint density at radius 1 is 1.35 bits per heavy atom. The summed E-state index contributed by atoms with van der Waals surface area (Å²) in [5, 5.41) is 3.26. The van der Waals surface area contributed by atoms with Crippen LogP contribution in [0, 0.1) is 13.8 Å². The number of esters is 1. The molecule has 3 heteroatoms. The van der Waals surface area contributed by atoms with Crippen molar-refractivity contribution in [3.63, 3.8) is 0 Å². The molecule has 0 radical (unpaired) electrons. The summed E-state index contributed by atoms with van der Waals surface area (Å²) < 4.78 is 4.86. The van der Waals surface area contributed by atoms with Crippen LogP contribution in [0.15, 0.2) is 18.2 Å². The number of hydrogen-bond donors (Lipinski definition) is 1. The molecule has 1 rings (SSSR count). The first-order valence-corrected chi connectivity index (χ1v) is 6.06. The zero-order valence-corrected chi connectivity index (χ0v) is 10.9. The van der Waals surface area contributed by atoms with E-state index in [1.165, 1.54) is 16.7 Å². The Balaban J connectivity index is 2.31. The second-order valence-electron chi connectivity index (χ2n) is 4.09. The minimum Gasteiger partial charge on any atom is -0.466 e. The molecule has 0 aromatic heterocycles. The smallest absolute Gasteiger partial charge is 0.307 e. The molecular weight excluding hydrogens is 214 g/mol. The largest absolute Gasteiger partial charge is 0.466 e. The second-order valence-corrected chi connectivity index (χ2v) is 4.09. The highest BCUT2D eigenvalue weighted by Gasteiger charge is 2.02. The van der Waals surface area contributed by atoms with E-state index in [-0.39, 0.29) is 5.97 Å². The molecule has 0 heterocycles. The lowest BCUT2D eigenvalue weighted by atomic mass is 10.0. The summed E-state index contributed by atoms with van der Waals surface area (Å²) in [6, 6.07) is 6.28. The van der Waals surface area contributed by atoms with Gasteiger partial charge in [-0.3, -0.25) is 4.79 Å². The minimum atomic E-state index is -0.138. The number of rotatable bonds is 6. The normalized spacial score (nSPS) is 10.3. The van der Waals surface area contributed by atoms with E-state index >= 15 is 0 Å². The van der Waals surface area contributed by atoms with Crippen LogP contribution in [0.25, 0.3) is 0 Å². The van der Waals surface area contributed by atoms with Crippen molar-refractivity contribution < 1.29 is 9.53 Å². The Kier molecular flexibility index (Phi) is 5.70. The minimum absolute atomic E-state index is 0.138. The van der Waals surface area contributed by atoms with Gasteiger partial charge >= 0.3 is 5.97 Å². The number of ether oxygens (including phenoxy) is 1. The van der Waals surface area contributed by atoms with Crippen molar-refractivity contribution in [2.24, 2.45) is 0 Å². The molecule has 94 valence electrons. The maximum absolute atomic E-state index is 11.1. The Bertz CT molecular complexity index is 374. The lowest BCUT2D eigenvalue weighted by Gasteiger charge is -2.09. The molecular formula is C14H21NO2. The van der Waals surface area contributed by atoms with E-state index in [0.29, 0.717) is 19.6 Å². The Labute approximate surface area is 103 Å². The molecule has 0 bridgehead atoms. The SMILES string of the molecule is CCOC(=O)CCNCc1cccc(C)c1C. The van der Waals surface area contributed by atoms with Gasteiger partial charge in [-0.05, 0) is 37.5 Å². The van der Waals surface area contributed by atoms with Gasteiger partial charge in [0.2, 0.25) is 0 Å². The third-order valence-electron chi connectivity index (χ3n) is 2.84. The van der Waals surface area contributed by atoms with Gasteiger partial charge in [-0.15, -0.1) is 0 Å². The number of carbonyl (C=O) groups excluding carboxylic acids is 1. The summed E-state index contributed by atoms with van der Waals surface area (Å²) in [4.78, 5) is 11.1. The number of benzene rings is 1. The molecule has 1 N–H and O–H groups in total. The highest BCUT2D eigenvalue weighted by Crippen LogP contribution is 2.12. The quantitative estimate of drug-likeness (QED) is 0.607. The molecule has 0 spiro atoms. The van der Waals surface area contributed by atoms with Crippen molar-refractivity contribution in [3.05, 3.63) is 34.9 Å². The molecule has 3 nitrogen and oxygen atoms in total. The number of hydrogen-bond acceptors (Lipinski definition) is 3. The molecule has 0 saturated carbocycles. The Hall–Kier alpha value is -1.35. The van der Waals surface area contributed by atoms with Crippen molar-refractivity contribution in [2.75, 3.05) is 13.2 Å². The number of nitrogens with one attached hydrogen (secondary N) is 1. The van der Waals surface area contributed by atoms with Crippen molar-refractivity contribution in [1.82, 2.24) is 5.32 Å². The summed E-state index contributed by atoms with van der Waals surface area (Å²) in [6.45, 7) is 7.96. The molecule has 1 aromatic carbocycles. The van der Waals surface area contributed by atoms with E-state index in [9.17, 15) is 4.79 Å². The Morgan fingerprint density at radius 3 is 2.82 bits per heavy atom. The van der Waals surface area contributed by atoms with Crippen molar-refractivity contribution in [3.8, 4) is 0 Å². The van der Waals surface area contributed by atoms with Crippen molar-refractivity contribution in [1.29, 1.82) is 0 Å². The molecule has 0 amide bonds. The molecule has 0 aliphatic carbocycles. The first-order valence-electron chi connectivity index (χ1n) is 6.06. The predicted molar refractivity (Wildman–Crippen MR) is 68.9 cm³/mol. The molecule has 17 heavy (non-hydrogen) atoms. The van der Waals surface area contributed by atoms with Gasteiger partial charge in [0.05, 0.1) is 13.0 Å². The fraction of sp³-hybridized carbons (Fsp3) is 0.500. The zero-order chi connectivity index (χ0) is 12.7. The van der Waals surface area contributed by atoms with Gasteiger partial charge in [0, 0.05) is 13.1 Å². The summed E-state index contributed by atoms with van der Waals surface area (Å²) in [6.07, 6.45) is 0.429. The Morgan fingerprint density at radius 2 is 2.12 bits per heavy atom. The fourth-order valence-electron chi connectivity index (χ4n) is 1.65. The average Bonchev–Trinajstić information content (AvgIpc) is 2.30. The van der Waals surface area contributed by atoms with Crippen LogP contribution in [0.5, 0.6) is 0 Å².